The van der Waals surface area contributed by atoms with Gasteiger partial charge in [-0.1, -0.05) is 27.5 Å². The number of carbonyl (C=O) groups excluding carboxylic acids is 2. The van der Waals surface area contributed by atoms with E-state index in [1.807, 2.05) is 12.1 Å². The highest BCUT2D eigenvalue weighted by atomic mass is 79.9. The lowest BCUT2D eigenvalue weighted by Crippen LogP contribution is -2.27. The Balaban J connectivity index is 2.00. The van der Waals surface area contributed by atoms with Crippen LogP contribution in [-0.2, 0) is 4.79 Å². The molecule has 2 aromatic rings. The molecule has 0 radical (unpaired) electrons. The topological polar surface area (TPSA) is 46.6 Å². The first-order chi connectivity index (χ1) is 11.9. The van der Waals surface area contributed by atoms with E-state index in [1.165, 1.54) is 0 Å². The molecule has 0 atom stereocenters. The Labute approximate surface area is 170 Å². The van der Waals surface area contributed by atoms with Gasteiger partial charge in [0.05, 0.1) is 22.2 Å². The summed E-state index contributed by atoms with van der Waals surface area (Å²) < 4.78 is 6.95. The maximum Gasteiger partial charge on any atom is 0.298 e. The van der Waals surface area contributed by atoms with Gasteiger partial charge in [0.25, 0.3) is 11.1 Å². The van der Waals surface area contributed by atoms with Gasteiger partial charge in [0, 0.05) is 15.1 Å². The second-order valence-electron chi connectivity index (χ2n) is 5.00. The Morgan fingerprint density at radius 1 is 1.16 bits per heavy atom. The Bertz CT molecular complexity index is 900. The number of amides is 2. The predicted molar refractivity (Wildman–Crippen MR) is 108 cm³/mol. The summed E-state index contributed by atoms with van der Waals surface area (Å²) in [6, 6.07) is 10.2. The highest BCUT2D eigenvalue weighted by molar-refractivity contribution is 9.11. The molecule has 2 aromatic carbocycles. The molecule has 0 unspecified atom stereocenters. The van der Waals surface area contributed by atoms with E-state index in [-0.39, 0.29) is 11.1 Å². The summed E-state index contributed by atoms with van der Waals surface area (Å²) in [6.07, 6.45) is 1.65. The van der Waals surface area contributed by atoms with E-state index in [0.29, 0.717) is 26.9 Å². The quantitative estimate of drug-likeness (QED) is 0.474. The van der Waals surface area contributed by atoms with Crippen LogP contribution in [0.5, 0.6) is 5.75 Å². The summed E-state index contributed by atoms with van der Waals surface area (Å²) in [5.74, 6) is 0.206. The number of rotatable bonds is 3. The fraction of sp³-hybridized carbons (Fsp3) is 0.0588. The van der Waals surface area contributed by atoms with Crippen LogP contribution in [0.3, 0.4) is 0 Å². The van der Waals surface area contributed by atoms with Crippen molar-refractivity contribution in [1.82, 2.24) is 0 Å². The minimum absolute atomic E-state index is 0.322. The summed E-state index contributed by atoms with van der Waals surface area (Å²) in [4.78, 5) is 26.5. The summed E-state index contributed by atoms with van der Waals surface area (Å²) in [7, 11) is 1.55. The van der Waals surface area contributed by atoms with Gasteiger partial charge in [-0.05, 0) is 70.2 Å². The number of halogens is 3. The van der Waals surface area contributed by atoms with Gasteiger partial charge in [0.1, 0.15) is 5.75 Å². The molecule has 0 spiro atoms. The van der Waals surface area contributed by atoms with Crippen molar-refractivity contribution in [2.24, 2.45) is 0 Å². The summed E-state index contributed by atoms with van der Waals surface area (Å²) in [5, 5.41) is 0.182. The van der Waals surface area contributed by atoms with E-state index in [1.54, 1.807) is 37.5 Å². The third-order valence-corrected chi connectivity index (χ3v) is 5.57. The van der Waals surface area contributed by atoms with Crippen LogP contribution in [0, 0.1) is 0 Å². The lowest BCUT2D eigenvalue weighted by atomic mass is 10.2. The standard InChI is InChI=1S/C17H10Br2ClNO3S/c1-24-15-9(6-10(18)8-13(15)19)7-14-16(22)21(17(23)25-14)12-4-2-11(20)3-5-12/h2-8H,1H3/b14-7-. The molecule has 25 heavy (non-hydrogen) atoms. The maximum atomic E-state index is 12.7. The van der Waals surface area contributed by atoms with Gasteiger partial charge in [0.15, 0.2) is 0 Å². The van der Waals surface area contributed by atoms with Crippen molar-refractivity contribution < 1.29 is 14.3 Å². The van der Waals surface area contributed by atoms with E-state index < -0.39 is 0 Å². The van der Waals surface area contributed by atoms with Crippen molar-refractivity contribution in [2.45, 2.75) is 0 Å². The van der Waals surface area contributed by atoms with Gasteiger partial charge in [-0.3, -0.25) is 9.59 Å². The van der Waals surface area contributed by atoms with Crippen molar-refractivity contribution in [3.8, 4) is 5.75 Å². The first kappa shape index (κ1) is 18.5. The number of hydrogen-bond donors (Lipinski definition) is 0. The zero-order valence-corrected chi connectivity index (χ0v) is 17.5. The highest BCUT2D eigenvalue weighted by Gasteiger charge is 2.36. The van der Waals surface area contributed by atoms with Crippen molar-refractivity contribution in [3.05, 3.63) is 60.8 Å². The normalized spacial score (nSPS) is 16.0. The van der Waals surface area contributed by atoms with Crippen LogP contribution in [0.15, 0.2) is 50.2 Å². The largest absolute Gasteiger partial charge is 0.495 e. The maximum absolute atomic E-state index is 12.7. The number of hydrogen-bond acceptors (Lipinski definition) is 4. The molecule has 1 fully saturated rings. The molecule has 0 saturated carbocycles. The number of anilines is 1. The van der Waals surface area contributed by atoms with Crippen molar-refractivity contribution in [2.75, 3.05) is 12.0 Å². The second kappa shape index (κ2) is 7.53. The van der Waals surface area contributed by atoms with Gasteiger partial charge in [-0.2, -0.15) is 0 Å². The zero-order valence-electron chi connectivity index (χ0n) is 12.8. The number of carbonyl (C=O) groups is 2. The Hall–Kier alpha value is -1.28. The fourth-order valence-electron chi connectivity index (χ4n) is 2.32. The third kappa shape index (κ3) is 3.79. The fourth-order valence-corrected chi connectivity index (χ4v) is 4.70. The average Bonchev–Trinajstić information content (AvgIpc) is 2.82. The Kier molecular flexibility index (Phi) is 5.58. The molecule has 0 aromatic heterocycles. The first-order valence-corrected chi connectivity index (χ1v) is 9.75. The first-order valence-electron chi connectivity index (χ1n) is 6.97. The van der Waals surface area contributed by atoms with Crippen LogP contribution in [0.1, 0.15) is 5.56 Å². The SMILES string of the molecule is COc1c(Br)cc(Br)cc1/C=C1\SC(=O)N(c2ccc(Cl)cc2)C1=O. The highest BCUT2D eigenvalue weighted by Crippen LogP contribution is 2.39. The molecule has 2 amide bonds. The number of thioether (sulfide) groups is 1. The second-order valence-corrected chi connectivity index (χ2v) is 8.20. The molecule has 1 aliphatic heterocycles. The summed E-state index contributed by atoms with van der Waals surface area (Å²) in [6.45, 7) is 0. The molecule has 3 rings (SSSR count). The number of benzene rings is 2. The predicted octanol–water partition coefficient (Wildman–Crippen LogP) is 6.11. The van der Waals surface area contributed by atoms with Crippen LogP contribution in [-0.4, -0.2) is 18.3 Å². The molecular formula is C17H10Br2ClNO3S. The van der Waals surface area contributed by atoms with Crippen molar-refractivity contribution in [1.29, 1.82) is 0 Å². The van der Waals surface area contributed by atoms with Gasteiger partial charge < -0.3 is 4.74 Å². The van der Waals surface area contributed by atoms with Gasteiger partial charge in [-0.25, -0.2) is 4.90 Å². The average molecular weight is 504 g/mol. The molecule has 0 bridgehead atoms. The van der Waals surface area contributed by atoms with Crippen LogP contribution < -0.4 is 9.64 Å². The zero-order chi connectivity index (χ0) is 18.1. The van der Waals surface area contributed by atoms with Crippen LogP contribution in [0.2, 0.25) is 5.02 Å². The van der Waals surface area contributed by atoms with Crippen molar-refractivity contribution in [3.63, 3.8) is 0 Å². The minimum Gasteiger partial charge on any atom is -0.495 e. The van der Waals surface area contributed by atoms with E-state index in [0.717, 1.165) is 25.6 Å². The molecule has 1 heterocycles. The van der Waals surface area contributed by atoms with E-state index >= 15 is 0 Å². The molecule has 8 heteroatoms. The summed E-state index contributed by atoms with van der Waals surface area (Å²) >= 11 is 13.6. The van der Waals surface area contributed by atoms with Gasteiger partial charge in [-0.15, -0.1) is 0 Å². The molecule has 0 N–H and O–H groups in total. The van der Waals surface area contributed by atoms with Crippen LogP contribution in [0.4, 0.5) is 10.5 Å². The molecule has 0 aliphatic carbocycles. The molecule has 1 saturated heterocycles. The third-order valence-electron chi connectivity index (χ3n) is 3.41. The van der Waals surface area contributed by atoms with E-state index in [4.69, 9.17) is 16.3 Å². The molecule has 128 valence electrons. The monoisotopic (exact) mass is 501 g/mol. The summed E-state index contributed by atoms with van der Waals surface area (Å²) in [5.41, 5.74) is 1.17. The lowest BCUT2D eigenvalue weighted by Gasteiger charge is -2.12. The number of imide groups is 1. The molecular weight excluding hydrogens is 494 g/mol. The van der Waals surface area contributed by atoms with Gasteiger partial charge in [0.2, 0.25) is 0 Å². The smallest absolute Gasteiger partial charge is 0.298 e. The number of ether oxygens (including phenoxy) is 1. The van der Waals surface area contributed by atoms with Crippen LogP contribution >= 0.6 is 55.2 Å². The number of nitrogens with zero attached hydrogens (tertiary/aromatic N) is 1. The lowest BCUT2D eigenvalue weighted by molar-refractivity contribution is -0.113. The molecule has 1 aliphatic rings. The van der Waals surface area contributed by atoms with E-state index in [9.17, 15) is 9.59 Å². The van der Waals surface area contributed by atoms with E-state index in [2.05, 4.69) is 31.9 Å². The Morgan fingerprint density at radius 2 is 1.84 bits per heavy atom. The van der Waals surface area contributed by atoms with Crippen molar-refractivity contribution >= 4 is 78.1 Å². The Morgan fingerprint density at radius 3 is 2.48 bits per heavy atom. The van der Waals surface area contributed by atoms with Gasteiger partial charge >= 0.3 is 0 Å². The van der Waals surface area contributed by atoms with Crippen LogP contribution in [0.25, 0.3) is 6.08 Å². The number of methoxy groups -OCH3 is 1. The minimum atomic E-state index is -0.379. The molecule has 4 nitrogen and oxygen atoms in total.